The van der Waals surface area contributed by atoms with Gasteiger partial charge in [0.25, 0.3) is 5.91 Å². The number of likely N-dealkylation sites (tertiary alicyclic amines) is 1. The molecule has 4 rings (SSSR count). The van der Waals surface area contributed by atoms with E-state index in [-0.39, 0.29) is 53.3 Å². The number of hydrogen-bond donors (Lipinski definition) is 0. The number of amides is 1. The van der Waals surface area contributed by atoms with Crippen LogP contribution in [0.2, 0.25) is 0 Å². The van der Waals surface area contributed by atoms with Crippen molar-refractivity contribution in [2.75, 3.05) is 40.3 Å². The quantitative estimate of drug-likeness (QED) is 0.155. The maximum absolute atomic E-state index is 13.8. The Labute approximate surface area is 238 Å². The van der Waals surface area contributed by atoms with Crippen molar-refractivity contribution < 1.29 is 36.8 Å². The van der Waals surface area contributed by atoms with E-state index >= 15 is 0 Å². The van der Waals surface area contributed by atoms with Gasteiger partial charge in [-0.05, 0) is 73.8 Å². The Morgan fingerprint density at radius 1 is 0.905 bits per heavy atom. The zero-order valence-corrected chi connectivity index (χ0v) is 22.6. The molecule has 0 radical (unpaired) electrons. The summed E-state index contributed by atoms with van der Waals surface area (Å²) in [4.78, 5) is 41.0. The van der Waals surface area contributed by atoms with E-state index in [0.717, 1.165) is 30.3 Å². The van der Waals surface area contributed by atoms with Gasteiger partial charge in [-0.2, -0.15) is 0 Å². The zero-order valence-electron chi connectivity index (χ0n) is 22.6. The molecule has 8 nitrogen and oxygen atoms in total. The average molecular weight is 584 g/mol. The number of nitrogens with zero attached hydrogens (tertiary/aromatic N) is 3. The highest BCUT2D eigenvalue weighted by atomic mass is 19.2. The minimum Gasteiger partial charge on any atom is -0.485 e. The zero-order chi connectivity index (χ0) is 30.6. The van der Waals surface area contributed by atoms with Gasteiger partial charge >= 0.3 is 5.69 Å². The minimum atomic E-state index is -1.14. The van der Waals surface area contributed by atoms with Gasteiger partial charge in [-0.1, -0.05) is 12.1 Å². The molecule has 0 unspecified atom stereocenters. The second-order valence-corrected chi connectivity index (χ2v) is 9.77. The lowest BCUT2D eigenvalue weighted by Gasteiger charge is -2.30. The number of rotatable bonds is 8. The molecule has 0 atom stereocenters. The van der Waals surface area contributed by atoms with Crippen LogP contribution in [0.4, 0.5) is 23.2 Å². The smallest absolute Gasteiger partial charge is 0.311 e. The molecule has 1 aliphatic heterocycles. The Bertz CT molecular complexity index is 1550. The van der Waals surface area contributed by atoms with E-state index in [9.17, 15) is 37.3 Å². The van der Waals surface area contributed by atoms with Crippen LogP contribution in [-0.2, 0) is 4.79 Å². The molecule has 1 amide bonds. The Morgan fingerprint density at radius 3 is 1.93 bits per heavy atom. The van der Waals surface area contributed by atoms with Crippen LogP contribution in [0.3, 0.4) is 0 Å². The lowest BCUT2D eigenvalue weighted by atomic mass is 9.93. The van der Waals surface area contributed by atoms with Crippen LogP contribution in [0.15, 0.2) is 65.7 Å². The van der Waals surface area contributed by atoms with E-state index in [2.05, 4.69) is 0 Å². The molecule has 0 aromatic heterocycles. The average Bonchev–Trinajstić information content (AvgIpc) is 2.94. The van der Waals surface area contributed by atoms with Gasteiger partial charge in [-0.15, -0.1) is 0 Å². The van der Waals surface area contributed by atoms with Crippen LogP contribution < -0.4 is 4.74 Å². The van der Waals surface area contributed by atoms with Crippen molar-refractivity contribution in [2.24, 2.45) is 0 Å². The third-order valence-corrected chi connectivity index (χ3v) is 6.36. The van der Waals surface area contributed by atoms with Gasteiger partial charge < -0.3 is 14.5 Å². The van der Waals surface area contributed by atoms with Crippen molar-refractivity contribution in [2.45, 2.75) is 0 Å². The monoisotopic (exact) mass is 583 g/mol. The van der Waals surface area contributed by atoms with E-state index < -0.39 is 45.6 Å². The summed E-state index contributed by atoms with van der Waals surface area (Å²) in [5.41, 5.74) is -0.152. The van der Waals surface area contributed by atoms with Crippen LogP contribution in [-0.4, -0.2) is 66.8 Å². The Morgan fingerprint density at radius 2 is 1.45 bits per heavy atom. The number of likely N-dealkylation sites (N-methyl/N-ethyl adjacent to an activating group) is 1. The first-order valence-corrected chi connectivity index (χ1v) is 12.6. The van der Waals surface area contributed by atoms with Crippen molar-refractivity contribution in [1.82, 2.24) is 9.80 Å². The van der Waals surface area contributed by atoms with Gasteiger partial charge in [-0.25, -0.2) is 17.6 Å². The first-order chi connectivity index (χ1) is 19.9. The molecule has 218 valence electrons. The summed E-state index contributed by atoms with van der Waals surface area (Å²) >= 11 is 0. The maximum Gasteiger partial charge on any atom is 0.311 e. The van der Waals surface area contributed by atoms with E-state index in [1.54, 1.807) is 0 Å². The van der Waals surface area contributed by atoms with Crippen molar-refractivity contribution in [3.05, 3.63) is 116 Å². The summed E-state index contributed by atoms with van der Waals surface area (Å²) in [5.74, 6) is -5.69. The molecule has 1 heterocycles. The number of ketones is 1. The highest BCUT2D eigenvalue weighted by Gasteiger charge is 2.31. The third kappa shape index (κ3) is 7.07. The molecule has 0 saturated carbocycles. The van der Waals surface area contributed by atoms with Gasteiger partial charge in [0.2, 0.25) is 0 Å². The number of Topliss-reactive ketones (excluding diaryl/α,β-unsaturated/α-hetero) is 1. The van der Waals surface area contributed by atoms with Crippen LogP contribution >= 0.6 is 0 Å². The summed E-state index contributed by atoms with van der Waals surface area (Å²) in [6.45, 7) is 0.146. The fourth-order valence-electron chi connectivity index (χ4n) is 4.23. The van der Waals surface area contributed by atoms with Gasteiger partial charge in [0.1, 0.15) is 6.61 Å². The number of piperidine rings is 1. The molecule has 1 aliphatic rings. The fraction of sp³-hybridized carbons (Fsp3) is 0.200. The molecular formula is C30H25F4N3O5. The van der Waals surface area contributed by atoms with Crippen LogP contribution in [0.1, 0.15) is 21.5 Å². The predicted molar refractivity (Wildman–Crippen MR) is 147 cm³/mol. The Kier molecular flexibility index (Phi) is 9.16. The molecule has 0 aliphatic carbocycles. The molecule has 0 N–H and O–H groups in total. The van der Waals surface area contributed by atoms with Gasteiger partial charge in [0.05, 0.1) is 18.0 Å². The fourth-order valence-corrected chi connectivity index (χ4v) is 4.23. The molecule has 3 aromatic rings. The third-order valence-electron chi connectivity index (χ3n) is 6.36. The van der Waals surface area contributed by atoms with Gasteiger partial charge in [-0.3, -0.25) is 19.7 Å². The first kappa shape index (κ1) is 30.1. The summed E-state index contributed by atoms with van der Waals surface area (Å²) in [5, 5.41) is 11.7. The number of hydrogen-bond acceptors (Lipinski definition) is 6. The number of carbonyl (C=O) groups excluding carboxylic acids is 2. The molecular weight excluding hydrogens is 558 g/mol. The molecule has 42 heavy (non-hydrogen) atoms. The Hall–Kier alpha value is -4.84. The number of nitro groups is 1. The lowest BCUT2D eigenvalue weighted by molar-refractivity contribution is -0.385. The van der Waals surface area contributed by atoms with Gasteiger partial charge in [0.15, 0.2) is 34.8 Å². The van der Waals surface area contributed by atoms with Crippen LogP contribution in [0, 0.1) is 33.4 Å². The SMILES string of the molecule is CN(C)CCOc1ccc(C(=O)N2CC(=Cc3ccc(F)c(F)c3)C(=O)C(=Cc3ccc(F)c(F)c3)C2)cc1[N+](=O)[O-]. The normalized spacial score (nSPS) is 15.5. The van der Waals surface area contributed by atoms with Gasteiger partial charge in [0, 0.05) is 29.3 Å². The molecule has 1 saturated heterocycles. The van der Waals surface area contributed by atoms with Crippen LogP contribution in [0.25, 0.3) is 12.2 Å². The van der Waals surface area contributed by atoms with E-state index in [1.165, 1.54) is 41.3 Å². The van der Waals surface area contributed by atoms with E-state index in [1.807, 2.05) is 19.0 Å². The van der Waals surface area contributed by atoms with Crippen LogP contribution in [0.5, 0.6) is 5.75 Å². The summed E-state index contributed by atoms with van der Waals surface area (Å²) in [6, 6.07) is 9.77. The first-order valence-electron chi connectivity index (χ1n) is 12.6. The number of halogens is 4. The summed E-state index contributed by atoms with van der Waals surface area (Å²) in [6.07, 6.45) is 2.57. The minimum absolute atomic E-state index is 0.0209. The Balaban J connectivity index is 1.71. The second kappa shape index (κ2) is 12.8. The number of benzene rings is 3. The lowest BCUT2D eigenvalue weighted by Crippen LogP contribution is -2.41. The van der Waals surface area contributed by atoms with Crippen molar-refractivity contribution >= 4 is 29.5 Å². The summed E-state index contributed by atoms with van der Waals surface area (Å²) in [7, 11) is 3.63. The topological polar surface area (TPSA) is 93.0 Å². The molecule has 1 fully saturated rings. The van der Waals surface area contributed by atoms with E-state index in [0.29, 0.717) is 6.54 Å². The second-order valence-electron chi connectivity index (χ2n) is 9.77. The van der Waals surface area contributed by atoms with Crippen molar-refractivity contribution in [3.8, 4) is 5.75 Å². The molecule has 12 heteroatoms. The van der Waals surface area contributed by atoms with Crippen molar-refractivity contribution in [1.29, 1.82) is 0 Å². The summed E-state index contributed by atoms with van der Waals surface area (Å²) < 4.78 is 60.1. The highest BCUT2D eigenvalue weighted by Crippen LogP contribution is 2.30. The van der Waals surface area contributed by atoms with E-state index in [4.69, 9.17) is 4.74 Å². The molecule has 0 spiro atoms. The number of carbonyl (C=O) groups is 2. The van der Waals surface area contributed by atoms with Crippen molar-refractivity contribution in [3.63, 3.8) is 0 Å². The molecule has 3 aromatic carbocycles. The highest BCUT2D eigenvalue weighted by molar-refractivity contribution is 6.16. The molecule has 0 bridgehead atoms. The predicted octanol–water partition coefficient (Wildman–Crippen LogP) is 5.28. The largest absolute Gasteiger partial charge is 0.485 e. The number of ether oxygens (including phenoxy) is 1. The number of nitro benzene ring substituents is 1. The maximum atomic E-state index is 13.8. The standard InChI is InChI=1S/C30H25F4N3O5/c1-35(2)9-10-42-28-8-5-20(15-27(28)37(40)41)30(39)36-16-21(11-18-3-6-23(31)25(33)13-18)29(38)22(17-36)12-19-4-7-24(32)26(34)14-19/h3-8,11-15H,9-10,16-17H2,1-2H3.